The van der Waals surface area contributed by atoms with Gasteiger partial charge in [0.15, 0.2) is 11.6 Å². The Kier molecular flexibility index (Phi) is 3.71. The smallest absolute Gasteiger partial charge is 0.249 e. The number of aryl methyl sites for hydroxylation is 1. The second kappa shape index (κ2) is 6.26. The van der Waals surface area contributed by atoms with Crippen molar-refractivity contribution in [1.82, 2.24) is 30.0 Å². The van der Waals surface area contributed by atoms with Gasteiger partial charge in [0.05, 0.1) is 10.9 Å². The largest absolute Gasteiger partial charge is 0.307 e. The maximum Gasteiger partial charge on any atom is 0.249 e. The summed E-state index contributed by atoms with van der Waals surface area (Å²) in [6.07, 6.45) is 1.99. The monoisotopic (exact) mass is 373 g/mol. The lowest BCUT2D eigenvalue weighted by atomic mass is 9.95. The summed E-state index contributed by atoms with van der Waals surface area (Å²) in [5, 5.41) is 20.9. The van der Waals surface area contributed by atoms with Crippen LogP contribution in [0.2, 0.25) is 0 Å². The SMILES string of the molecule is Cn1nc(NC(=O)Cn2nnc(C3(c4ccccc4)CC3)n2)c2ccccc21. The predicted octanol–water partition coefficient (Wildman–Crippen LogP) is 2.28. The highest BCUT2D eigenvalue weighted by Crippen LogP contribution is 2.51. The van der Waals surface area contributed by atoms with E-state index in [2.05, 4.69) is 38.0 Å². The molecule has 0 bridgehead atoms. The Morgan fingerprint density at radius 1 is 1.07 bits per heavy atom. The van der Waals surface area contributed by atoms with E-state index in [9.17, 15) is 4.79 Å². The average molecular weight is 373 g/mol. The Bertz CT molecular complexity index is 1160. The fourth-order valence-electron chi connectivity index (χ4n) is 3.63. The standard InChI is InChI=1S/C20H19N7O/c1-26-16-10-6-5-9-15(16)18(23-26)21-17(28)13-27-24-19(22-25-27)20(11-12-20)14-7-3-2-4-8-14/h2-10H,11-13H2,1H3,(H,21,23,28). The number of anilines is 1. The molecule has 0 radical (unpaired) electrons. The molecule has 1 saturated carbocycles. The third-order valence-electron chi connectivity index (χ3n) is 5.26. The van der Waals surface area contributed by atoms with E-state index in [0.717, 1.165) is 23.7 Å². The number of para-hydroxylation sites is 1. The molecule has 2 heterocycles. The molecule has 0 saturated heterocycles. The molecule has 0 unspecified atom stereocenters. The molecule has 1 fully saturated rings. The second-order valence-electron chi connectivity index (χ2n) is 7.13. The Labute approximate surface area is 161 Å². The minimum Gasteiger partial charge on any atom is -0.307 e. The Hall–Kier alpha value is -3.55. The van der Waals surface area contributed by atoms with Crippen molar-refractivity contribution in [3.63, 3.8) is 0 Å². The molecule has 28 heavy (non-hydrogen) atoms. The first-order valence-electron chi connectivity index (χ1n) is 9.21. The summed E-state index contributed by atoms with van der Waals surface area (Å²) in [4.78, 5) is 13.8. The summed E-state index contributed by atoms with van der Waals surface area (Å²) < 4.78 is 1.74. The average Bonchev–Trinajstić information content (AvgIpc) is 3.30. The number of fused-ring (bicyclic) bond motifs is 1. The topological polar surface area (TPSA) is 90.5 Å². The number of rotatable bonds is 5. The van der Waals surface area contributed by atoms with Gasteiger partial charge in [0, 0.05) is 12.4 Å². The molecule has 1 amide bonds. The first-order chi connectivity index (χ1) is 13.7. The van der Waals surface area contributed by atoms with Crippen LogP contribution in [0.5, 0.6) is 0 Å². The van der Waals surface area contributed by atoms with Gasteiger partial charge in [-0.15, -0.1) is 10.2 Å². The molecular formula is C20H19N7O. The zero-order valence-corrected chi connectivity index (χ0v) is 15.4. The Balaban J connectivity index is 1.33. The fourth-order valence-corrected chi connectivity index (χ4v) is 3.63. The van der Waals surface area contributed by atoms with Crippen LogP contribution in [-0.2, 0) is 23.8 Å². The number of carbonyl (C=O) groups excluding carboxylic acids is 1. The summed E-state index contributed by atoms with van der Waals surface area (Å²) in [7, 11) is 1.85. The van der Waals surface area contributed by atoms with Gasteiger partial charge >= 0.3 is 0 Å². The van der Waals surface area contributed by atoms with Crippen molar-refractivity contribution in [3.8, 4) is 0 Å². The molecule has 1 aliphatic carbocycles. The van der Waals surface area contributed by atoms with Crippen molar-refractivity contribution in [2.45, 2.75) is 24.8 Å². The van der Waals surface area contributed by atoms with Crippen molar-refractivity contribution in [3.05, 3.63) is 66.0 Å². The lowest BCUT2D eigenvalue weighted by Gasteiger charge is -2.10. The number of nitrogens with one attached hydrogen (secondary N) is 1. The maximum absolute atomic E-state index is 12.5. The lowest BCUT2D eigenvalue weighted by molar-refractivity contribution is -0.117. The van der Waals surface area contributed by atoms with Crippen LogP contribution in [0, 0.1) is 0 Å². The summed E-state index contributed by atoms with van der Waals surface area (Å²) in [6.45, 7) is -0.0111. The number of hydrogen-bond acceptors (Lipinski definition) is 5. The number of benzene rings is 2. The van der Waals surface area contributed by atoms with E-state index in [1.165, 1.54) is 10.4 Å². The molecule has 2 aromatic carbocycles. The van der Waals surface area contributed by atoms with Gasteiger partial charge in [-0.2, -0.15) is 9.90 Å². The summed E-state index contributed by atoms with van der Waals surface area (Å²) in [6, 6.07) is 18.0. The van der Waals surface area contributed by atoms with Crippen LogP contribution in [0.4, 0.5) is 5.82 Å². The minimum absolute atomic E-state index is 0.0111. The van der Waals surface area contributed by atoms with Gasteiger partial charge in [0.1, 0.15) is 6.54 Å². The number of tetrazole rings is 1. The first kappa shape index (κ1) is 16.6. The molecule has 140 valence electrons. The van der Waals surface area contributed by atoms with Gasteiger partial charge < -0.3 is 5.32 Å². The highest BCUT2D eigenvalue weighted by atomic mass is 16.2. The van der Waals surface area contributed by atoms with E-state index in [1.807, 2.05) is 49.5 Å². The summed E-state index contributed by atoms with van der Waals surface area (Å²) >= 11 is 0. The molecule has 1 aliphatic rings. The number of carbonyl (C=O) groups is 1. The second-order valence-corrected chi connectivity index (χ2v) is 7.13. The minimum atomic E-state index is -0.239. The normalized spacial score (nSPS) is 14.9. The number of nitrogens with zero attached hydrogens (tertiary/aromatic N) is 6. The van der Waals surface area contributed by atoms with E-state index in [-0.39, 0.29) is 17.9 Å². The van der Waals surface area contributed by atoms with E-state index < -0.39 is 0 Å². The van der Waals surface area contributed by atoms with Crippen molar-refractivity contribution in [2.24, 2.45) is 7.05 Å². The van der Waals surface area contributed by atoms with Gasteiger partial charge in [0.2, 0.25) is 5.91 Å². The van der Waals surface area contributed by atoms with Crippen LogP contribution >= 0.6 is 0 Å². The van der Waals surface area contributed by atoms with E-state index in [1.54, 1.807) is 4.68 Å². The number of aromatic nitrogens is 6. The third-order valence-corrected chi connectivity index (χ3v) is 5.26. The molecule has 5 rings (SSSR count). The van der Waals surface area contributed by atoms with E-state index >= 15 is 0 Å². The summed E-state index contributed by atoms with van der Waals surface area (Å²) in [5.74, 6) is 0.971. The van der Waals surface area contributed by atoms with E-state index in [4.69, 9.17) is 0 Å². The first-order valence-corrected chi connectivity index (χ1v) is 9.21. The molecule has 0 spiro atoms. The van der Waals surface area contributed by atoms with Crippen LogP contribution in [0.15, 0.2) is 54.6 Å². The highest BCUT2D eigenvalue weighted by molar-refractivity contribution is 5.99. The molecule has 2 aromatic heterocycles. The van der Waals surface area contributed by atoms with Gasteiger partial charge in [-0.1, -0.05) is 42.5 Å². The van der Waals surface area contributed by atoms with Gasteiger partial charge in [-0.25, -0.2) is 0 Å². The number of amides is 1. The molecule has 0 aliphatic heterocycles. The van der Waals surface area contributed by atoms with Crippen molar-refractivity contribution in [2.75, 3.05) is 5.32 Å². The van der Waals surface area contributed by atoms with Crippen LogP contribution in [0.25, 0.3) is 10.9 Å². The molecule has 8 heteroatoms. The maximum atomic E-state index is 12.5. The molecular weight excluding hydrogens is 354 g/mol. The third kappa shape index (κ3) is 2.74. The van der Waals surface area contributed by atoms with Crippen LogP contribution in [0.1, 0.15) is 24.2 Å². The molecule has 0 atom stereocenters. The number of hydrogen-bond donors (Lipinski definition) is 1. The van der Waals surface area contributed by atoms with Gasteiger partial charge in [-0.05, 0) is 35.8 Å². The highest BCUT2D eigenvalue weighted by Gasteiger charge is 2.49. The Morgan fingerprint density at radius 2 is 1.82 bits per heavy atom. The van der Waals surface area contributed by atoms with Crippen LogP contribution in [-0.4, -0.2) is 35.9 Å². The van der Waals surface area contributed by atoms with Crippen LogP contribution < -0.4 is 5.32 Å². The fraction of sp³-hybridized carbons (Fsp3) is 0.250. The Morgan fingerprint density at radius 3 is 2.61 bits per heavy atom. The quantitative estimate of drug-likeness (QED) is 0.580. The zero-order chi connectivity index (χ0) is 19.1. The van der Waals surface area contributed by atoms with Crippen molar-refractivity contribution < 1.29 is 4.79 Å². The molecule has 1 N–H and O–H groups in total. The van der Waals surface area contributed by atoms with Crippen LogP contribution in [0.3, 0.4) is 0 Å². The van der Waals surface area contributed by atoms with Gasteiger partial charge in [0.25, 0.3) is 0 Å². The van der Waals surface area contributed by atoms with Crippen molar-refractivity contribution in [1.29, 1.82) is 0 Å². The predicted molar refractivity (Wildman–Crippen MR) is 104 cm³/mol. The lowest BCUT2D eigenvalue weighted by Crippen LogP contribution is -2.21. The summed E-state index contributed by atoms with van der Waals surface area (Å²) in [5.41, 5.74) is 1.99. The molecule has 4 aromatic rings. The van der Waals surface area contributed by atoms with Gasteiger partial charge in [-0.3, -0.25) is 9.48 Å². The molecule has 8 nitrogen and oxygen atoms in total. The van der Waals surface area contributed by atoms with E-state index in [0.29, 0.717) is 11.6 Å². The zero-order valence-electron chi connectivity index (χ0n) is 15.4. The van der Waals surface area contributed by atoms with Crippen molar-refractivity contribution >= 4 is 22.6 Å².